The molecule has 3 rings (SSSR count). The summed E-state index contributed by atoms with van der Waals surface area (Å²) < 4.78 is 6.91. The van der Waals surface area contributed by atoms with Gasteiger partial charge in [-0.2, -0.15) is 5.10 Å². The third kappa shape index (κ3) is 3.82. The molecule has 0 fully saturated rings. The van der Waals surface area contributed by atoms with E-state index < -0.39 is 0 Å². The number of rotatable bonds is 6. The Morgan fingerprint density at radius 3 is 2.76 bits per heavy atom. The molecule has 0 spiro atoms. The molecule has 0 saturated carbocycles. The van der Waals surface area contributed by atoms with Gasteiger partial charge in [0.15, 0.2) is 5.82 Å². The summed E-state index contributed by atoms with van der Waals surface area (Å²) >= 11 is 0. The van der Waals surface area contributed by atoms with Crippen LogP contribution in [0.5, 0.6) is 5.75 Å². The van der Waals surface area contributed by atoms with Crippen molar-refractivity contribution in [2.45, 2.75) is 19.9 Å². The Balaban J connectivity index is 1.76. The Kier molecular flexibility index (Phi) is 5.03. The smallest absolute Gasteiger partial charge is 0.255 e. The van der Waals surface area contributed by atoms with Crippen molar-refractivity contribution < 1.29 is 9.53 Å². The average molecular weight is 337 g/mol. The zero-order valence-electron chi connectivity index (χ0n) is 14.1. The summed E-state index contributed by atoms with van der Waals surface area (Å²) in [6, 6.07) is 10.9. The number of carbonyl (C=O) groups excluding carboxylic acids is 1. The van der Waals surface area contributed by atoms with E-state index >= 15 is 0 Å². The molecule has 1 atom stereocenters. The van der Waals surface area contributed by atoms with Crippen LogP contribution < -0.4 is 10.1 Å². The molecule has 1 unspecified atom stereocenters. The number of amides is 1. The van der Waals surface area contributed by atoms with E-state index in [1.54, 1.807) is 18.3 Å². The molecule has 0 aliphatic heterocycles. The largest absolute Gasteiger partial charge is 0.494 e. The Bertz CT molecular complexity index is 831. The second kappa shape index (κ2) is 7.57. The molecule has 3 aromatic rings. The van der Waals surface area contributed by atoms with E-state index in [-0.39, 0.29) is 11.9 Å². The van der Waals surface area contributed by atoms with Gasteiger partial charge in [0, 0.05) is 6.20 Å². The second-order valence-electron chi connectivity index (χ2n) is 5.41. The fourth-order valence-electron chi connectivity index (χ4n) is 2.45. The molecule has 7 nitrogen and oxygen atoms in total. The highest BCUT2D eigenvalue weighted by Gasteiger charge is 2.17. The van der Waals surface area contributed by atoms with Crippen molar-refractivity contribution in [3.05, 3.63) is 66.4 Å². The minimum Gasteiger partial charge on any atom is -0.494 e. The van der Waals surface area contributed by atoms with E-state index in [4.69, 9.17) is 4.74 Å². The van der Waals surface area contributed by atoms with Gasteiger partial charge < -0.3 is 10.1 Å². The SMILES string of the molecule is CCOc1ccc(C(C)NC(=O)c2cccnc2-n2cncn2)cc1. The molecule has 1 N–H and O–H groups in total. The highest BCUT2D eigenvalue weighted by atomic mass is 16.5. The van der Waals surface area contributed by atoms with Gasteiger partial charge in [0.05, 0.1) is 18.2 Å². The zero-order chi connectivity index (χ0) is 17.6. The van der Waals surface area contributed by atoms with Crippen molar-refractivity contribution in [2.24, 2.45) is 0 Å². The summed E-state index contributed by atoms with van der Waals surface area (Å²) in [6.45, 7) is 4.49. The molecule has 7 heteroatoms. The third-order valence-corrected chi connectivity index (χ3v) is 3.71. The summed E-state index contributed by atoms with van der Waals surface area (Å²) in [5.41, 5.74) is 1.42. The Hall–Kier alpha value is -3.22. The number of pyridine rings is 1. The molecule has 128 valence electrons. The molecule has 0 aliphatic carbocycles. The fraction of sp³-hybridized carbons (Fsp3) is 0.222. The maximum Gasteiger partial charge on any atom is 0.255 e. The van der Waals surface area contributed by atoms with Crippen LogP contribution in [0.25, 0.3) is 5.82 Å². The van der Waals surface area contributed by atoms with E-state index in [9.17, 15) is 4.79 Å². The average Bonchev–Trinajstić information content (AvgIpc) is 3.17. The zero-order valence-corrected chi connectivity index (χ0v) is 14.1. The minimum atomic E-state index is -0.222. The molecule has 0 saturated heterocycles. The van der Waals surface area contributed by atoms with Crippen molar-refractivity contribution in [3.63, 3.8) is 0 Å². The standard InChI is InChI=1S/C18H19N5O2/c1-3-25-15-8-6-14(7-9-15)13(2)22-18(24)16-5-4-10-20-17(16)23-12-19-11-21-23/h4-13H,3H2,1-2H3,(H,22,24). The number of ether oxygens (including phenoxy) is 1. The summed E-state index contributed by atoms with van der Waals surface area (Å²) in [6.07, 6.45) is 4.53. The Labute approximate surface area is 145 Å². The molecule has 0 radical (unpaired) electrons. The highest BCUT2D eigenvalue weighted by molar-refractivity contribution is 5.97. The van der Waals surface area contributed by atoms with Crippen LogP contribution in [-0.2, 0) is 0 Å². The number of nitrogens with one attached hydrogen (secondary N) is 1. The Morgan fingerprint density at radius 2 is 2.08 bits per heavy atom. The molecule has 2 aromatic heterocycles. The van der Waals surface area contributed by atoms with E-state index in [2.05, 4.69) is 20.4 Å². The lowest BCUT2D eigenvalue weighted by molar-refractivity contribution is 0.0939. The first-order chi connectivity index (χ1) is 12.2. The monoisotopic (exact) mass is 337 g/mol. The number of nitrogens with zero attached hydrogens (tertiary/aromatic N) is 4. The molecule has 0 bridgehead atoms. The molecule has 0 aliphatic rings. The van der Waals surface area contributed by atoms with Gasteiger partial charge in [0.2, 0.25) is 0 Å². The number of carbonyl (C=O) groups is 1. The number of benzene rings is 1. The molecular formula is C18H19N5O2. The van der Waals surface area contributed by atoms with Crippen molar-refractivity contribution in [1.29, 1.82) is 0 Å². The first-order valence-electron chi connectivity index (χ1n) is 8.02. The minimum absolute atomic E-state index is 0.160. The third-order valence-electron chi connectivity index (χ3n) is 3.71. The Morgan fingerprint density at radius 1 is 1.28 bits per heavy atom. The van der Waals surface area contributed by atoms with Crippen molar-refractivity contribution in [2.75, 3.05) is 6.61 Å². The van der Waals surface area contributed by atoms with Crippen molar-refractivity contribution >= 4 is 5.91 Å². The molecule has 25 heavy (non-hydrogen) atoms. The summed E-state index contributed by atoms with van der Waals surface area (Å²) in [5.74, 6) is 1.03. The van der Waals surface area contributed by atoms with Gasteiger partial charge >= 0.3 is 0 Å². The number of hydrogen-bond donors (Lipinski definition) is 1. The lowest BCUT2D eigenvalue weighted by Crippen LogP contribution is -2.28. The van der Waals surface area contributed by atoms with Gasteiger partial charge in [0.25, 0.3) is 5.91 Å². The predicted octanol–water partition coefficient (Wildman–Crippen LogP) is 2.55. The topological polar surface area (TPSA) is 81.9 Å². The lowest BCUT2D eigenvalue weighted by atomic mass is 10.1. The fourth-order valence-corrected chi connectivity index (χ4v) is 2.45. The quantitative estimate of drug-likeness (QED) is 0.747. The summed E-state index contributed by atoms with van der Waals surface area (Å²) in [7, 11) is 0. The van der Waals surface area contributed by atoms with Gasteiger partial charge in [-0.05, 0) is 43.7 Å². The van der Waals surface area contributed by atoms with Gasteiger partial charge in [0.1, 0.15) is 18.4 Å². The van der Waals surface area contributed by atoms with Crippen molar-refractivity contribution in [3.8, 4) is 11.6 Å². The van der Waals surface area contributed by atoms with Gasteiger partial charge in [-0.15, -0.1) is 0 Å². The van der Waals surface area contributed by atoms with E-state index in [1.807, 2.05) is 38.1 Å². The molecule has 2 heterocycles. The van der Waals surface area contributed by atoms with Crippen LogP contribution in [0, 0.1) is 0 Å². The first kappa shape index (κ1) is 16.6. The van der Waals surface area contributed by atoms with Gasteiger partial charge in [-0.25, -0.2) is 14.6 Å². The summed E-state index contributed by atoms with van der Waals surface area (Å²) in [4.78, 5) is 20.8. The van der Waals surface area contributed by atoms with Crippen LogP contribution in [0.1, 0.15) is 35.8 Å². The van der Waals surface area contributed by atoms with Crippen LogP contribution in [-0.4, -0.2) is 32.3 Å². The normalized spacial score (nSPS) is 11.8. The van der Waals surface area contributed by atoms with Gasteiger partial charge in [-0.3, -0.25) is 4.79 Å². The molecular weight excluding hydrogens is 318 g/mol. The maximum atomic E-state index is 12.7. The van der Waals surface area contributed by atoms with Crippen LogP contribution in [0.15, 0.2) is 55.2 Å². The number of hydrogen-bond acceptors (Lipinski definition) is 5. The predicted molar refractivity (Wildman–Crippen MR) is 92.6 cm³/mol. The summed E-state index contributed by atoms with van der Waals surface area (Å²) in [5, 5.41) is 7.03. The van der Waals surface area contributed by atoms with Crippen LogP contribution >= 0.6 is 0 Å². The second-order valence-corrected chi connectivity index (χ2v) is 5.41. The number of aromatic nitrogens is 4. The van der Waals surface area contributed by atoms with Crippen LogP contribution in [0.3, 0.4) is 0 Å². The maximum absolute atomic E-state index is 12.7. The van der Waals surface area contributed by atoms with E-state index in [1.165, 1.54) is 17.3 Å². The highest BCUT2D eigenvalue weighted by Crippen LogP contribution is 2.19. The molecule has 1 aromatic carbocycles. The lowest BCUT2D eigenvalue weighted by Gasteiger charge is -2.16. The first-order valence-corrected chi connectivity index (χ1v) is 8.02. The van der Waals surface area contributed by atoms with Crippen LogP contribution in [0.2, 0.25) is 0 Å². The van der Waals surface area contributed by atoms with E-state index in [0.29, 0.717) is 18.0 Å². The van der Waals surface area contributed by atoms with Crippen LogP contribution in [0.4, 0.5) is 0 Å². The molecule has 1 amide bonds. The van der Waals surface area contributed by atoms with Gasteiger partial charge in [-0.1, -0.05) is 12.1 Å². The van der Waals surface area contributed by atoms with Crippen molar-refractivity contribution in [1.82, 2.24) is 25.1 Å². The van der Waals surface area contributed by atoms with E-state index in [0.717, 1.165) is 11.3 Å².